The minimum atomic E-state index is -1.46. The Labute approximate surface area is 122 Å². The fraction of sp³-hybridized carbons (Fsp3) is 0.533. The van der Waals surface area contributed by atoms with Gasteiger partial charge in [-0.1, -0.05) is 0 Å². The van der Waals surface area contributed by atoms with E-state index in [1.165, 1.54) is 6.07 Å². The van der Waals surface area contributed by atoms with Gasteiger partial charge in [-0.15, -0.1) is 0 Å². The number of carboxylic acid groups (broad SMARTS) is 1. The number of aromatic carboxylic acids is 1. The number of nitrogens with one attached hydrogen (secondary N) is 1. The average molecular weight is 298 g/mol. The number of carbonyl (C=O) groups is 1. The van der Waals surface area contributed by atoms with Crippen molar-refractivity contribution < 1.29 is 18.7 Å². The highest BCUT2D eigenvalue weighted by atomic mass is 19.2. The van der Waals surface area contributed by atoms with Crippen molar-refractivity contribution >= 4 is 11.7 Å². The maximum Gasteiger partial charge on any atom is 0.338 e. The zero-order valence-electron chi connectivity index (χ0n) is 12.0. The third kappa shape index (κ3) is 3.50. The number of benzene rings is 1. The molecule has 1 aliphatic heterocycles. The van der Waals surface area contributed by atoms with Crippen LogP contribution in [0.15, 0.2) is 12.1 Å². The molecule has 4 nitrogen and oxygen atoms in total. The maximum atomic E-state index is 14.1. The predicted octanol–water partition coefficient (Wildman–Crippen LogP) is 2.49. The Kier molecular flexibility index (Phi) is 5.12. The summed E-state index contributed by atoms with van der Waals surface area (Å²) in [5.41, 5.74) is -0.493. The van der Waals surface area contributed by atoms with Gasteiger partial charge in [-0.2, -0.15) is 0 Å². The van der Waals surface area contributed by atoms with Crippen LogP contribution in [0.2, 0.25) is 0 Å². The highest BCUT2D eigenvalue weighted by molar-refractivity contribution is 5.88. The molecule has 0 unspecified atom stereocenters. The topological polar surface area (TPSA) is 52.6 Å². The molecule has 6 heteroatoms. The lowest BCUT2D eigenvalue weighted by atomic mass is 9.97. The van der Waals surface area contributed by atoms with Gasteiger partial charge in [0.15, 0.2) is 11.6 Å². The van der Waals surface area contributed by atoms with Crippen LogP contribution < -0.4 is 10.2 Å². The molecule has 0 amide bonds. The molecule has 0 atom stereocenters. The normalized spacial score (nSPS) is 16.0. The van der Waals surface area contributed by atoms with Gasteiger partial charge in [-0.05, 0) is 50.9 Å². The highest BCUT2D eigenvalue weighted by Crippen LogP contribution is 2.26. The Bertz CT molecular complexity index is 517. The monoisotopic (exact) mass is 298 g/mol. The molecule has 1 aromatic rings. The average Bonchev–Trinajstić information content (AvgIpc) is 2.48. The minimum absolute atomic E-state index is 0.138. The fourth-order valence-electron chi connectivity index (χ4n) is 2.72. The lowest BCUT2D eigenvalue weighted by Gasteiger charge is -2.31. The summed E-state index contributed by atoms with van der Waals surface area (Å²) >= 11 is 0. The molecule has 0 spiro atoms. The smallest absolute Gasteiger partial charge is 0.338 e. The zero-order valence-corrected chi connectivity index (χ0v) is 12.0. The van der Waals surface area contributed by atoms with E-state index in [0.717, 1.165) is 32.0 Å². The van der Waals surface area contributed by atoms with Crippen LogP contribution in [-0.2, 0) is 0 Å². The number of rotatable bonds is 5. The number of halogens is 2. The van der Waals surface area contributed by atoms with Crippen molar-refractivity contribution in [3.63, 3.8) is 0 Å². The van der Waals surface area contributed by atoms with Gasteiger partial charge in [0.1, 0.15) is 0 Å². The van der Waals surface area contributed by atoms with Crippen molar-refractivity contribution in [1.82, 2.24) is 5.32 Å². The molecule has 21 heavy (non-hydrogen) atoms. The molecule has 2 rings (SSSR count). The maximum absolute atomic E-state index is 14.1. The third-order valence-corrected chi connectivity index (χ3v) is 3.95. The fourth-order valence-corrected chi connectivity index (χ4v) is 2.72. The molecule has 0 bridgehead atoms. The molecule has 1 aliphatic rings. The highest BCUT2D eigenvalue weighted by Gasteiger charge is 2.23. The van der Waals surface area contributed by atoms with Gasteiger partial charge < -0.3 is 15.3 Å². The molecule has 0 radical (unpaired) electrons. The number of hydrogen-bond acceptors (Lipinski definition) is 3. The molecule has 0 saturated carbocycles. The van der Waals surface area contributed by atoms with Crippen LogP contribution >= 0.6 is 0 Å². The van der Waals surface area contributed by atoms with E-state index in [4.69, 9.17) is 5.11 Å². The number of piperidine rings is 1. The summed E-state index contributed by atoms with van der Waals surface area (Å²) in [7, 11) is 0. The molecular weight excluding hydrogens is 278 g/mol. The van der Waals surface area contributed by atoms with Crippen LogP contribution in [0.3, 0.4) is 0 Å². The summed E-state index contributed by atoms with van der Waals surface area (Å²) < 4.78 is 27.9. The van der Waals surface area contributed by atoms with E-state index in [1.807, 2.05) is 6.92 Å². The van der Waals surface area contributed by atoms with Crippen LogP contribution in [0.5, 0.6) is 0 Å². The van der Waals surface area contributed by atoms with E-state index in [1.54, 1.807) is 4.90 Å². The van der Waals surface area contributed by atoms with Crippen molar-refractivity contribution in [2.45, 2.75) is 19.8 Å². The number of hydrogen-bond donors (Lipinski definition) is 2. The quantitative estimate of drug-likeness (QED) is 0.877. The van der Waals surface area contributed by atoms with Crippen LogP contribution in [0, 0.1) is 17.6 Å². The second kappa shape index (κ2) is 6.85. The third-order valence-electron chi connectivity index (χ3n) is 3.95. The Morgan fingerprint density at radius 3 is 2.57 bits per heavy atom. The van der Waals surface area contributed by atoms with Crippen LogP contribution in [0.25, 0.3) is 0 Å². The molecule has 0 aliphatic carbocycles. The van der Waals surface area contributed by atoms with Gasteiger partial charge in [-0.3, -0.25) is 0 Å². The largest absolute Gasteiger partial charge is 0.478 e. The standard InChI is InChI=1S/C15H20F2N2O2/c1-2-19(9-10-5-7-18-8-6-10)12-4-3-11(15(20)21)13(16)14(12)17/h3-4,10,18H,2,5-9H2,1H3,(H,20,21). The minimum Gasteiger partial charge on any atom is -0.478 e. The molecule has 1 heterocycles. The van der Waals surface area contributed by atoms with E-state index in [9.17, 15) is 13.6 Å². The number of anilines is 1. The molecule has 1 fully saturated rings. The lowest BCUT2D eigenvalue weighted by molar-refractivity contribution is 0.0690. The van der Waals surface area contributed by atoms with Gasteiger partial charge in [0.2, 0.25) is 0 Å². The first-order chi connectivity index (χ1) is 10.0. The van der Waals surface area contributed by atoms with E-state index < -0.39 is 23.2 Å². The SMILES string of the molecule is CCN(CC1CCNCC1)c1ccc(C(=O)O)c(F)c1F. The van der Waals surface area contributed by atoms with Crippen LogP contribution in [0.1, 0.15) is 30.1 Å². The number of nitrogens with zero attached hydrogens (tertiary/aromatic N) is 1. The van der Waals surface area contributed by atoms with E-state index >= 15 is 0 Å². The Balaban J connectivity index is 2.21. The first kappa shape index (κ1) is 15.7. The Hall–Kier alpha value is -1.69. The summed E-state index contributed by atoms with van der Waals surface area (Å²) in [5, 5.41) is 12.1. The molecule has 1 aromatic carbocycles. The van der Waals surface area contributed by atoms with Crippen molar-refractivity contribution in [1.29, 1.82) is 0 Å². The number of carboxylic acids is 1. The Morgan fingerprint density at radius 1 is 1.33 bits per heavy atom. The van der Waals surface area contributed by atoms with E-state index in [0.29, 0.717) is 19.0 Å². The lowest BCUT2D eigenvalue weighted by Crippen LogP contribution is -2.36. The van der Waals surface area contributed by atoms with Gasteiger partial charge in [0, 0.05) is 13.1 Å². The second-order valence-corrected chi connectivity index (χ2v) is 5.30. The van der Waals surface area contributed by atoms with Crippen LogP contribution in [-0.4, -0.2) is 37.3 Å². The van der Waals surface area contributed by atoms with E-state index in [-0.39, 0.29) is 5.69 Å². The van der Waals surface area contributed by atoms with E-state index in [2.05, 4.69) is 5.32 Å². The van der Waals surface area contributed by atoms with Crippen molar-refractivity contribution in [3.8, 4) is 0 Å². The summed E-state index contributed by atoms with van der Waals surface area (Å²) in [6, 6.07) is 2.48. The molecular formula is C15H20F2N2O2. The first-order valence-corrected chi connectivity index (χ1v) is 7.21. The molecule has 116 valence electrons. The summed E-state index contributed by atoms with van der Waals surface area (Å²) in [6.45, 7) is 4.96. The van der Waals surface area contributed by atoms with Crippen molar-refractivity contribution in [3.05, 3.63) is 29.3 Å². The summed E-state index contributed by atoms with van der Waals surface area (Å²) in [4.78, 5) is 12.6. The predicted molar refractivity (Wildman–Crippen MR) is 76.8 cm³/mol. The van der Waals surface area contributed by atoms with Gasteiger partial charge in [-0.25, -0.2) is 13.6 Å². The first-order valence-electron chi connectivity index (χ1n) is 7.21. The van der Waals surface area contributed by atoms with Gasteiger partial charge in [0.05, 0.1) is 11.3 Å². The molecule has 1 saturated heterocycles. The van der Waals surface area contributed by atoms with Crippen molar-refractivity contribution in [2.75, 3.05) is 31.1 Å². The summed E-state index contributed by atoms with van der Waals surface area (Å²) in [6.07, 6.45) is 2.02. The molecule has 0 aromatic heterocycles. The molecule has 2 N–H and O–H groups in total. The van der Waals surface area contributed by atoms with Gasteiger partial charge in [0.25, 0.3) is 0 Å². The zero-order chi connectivity index (χ0) is 15.4. The second-order valence-electron chi connectivity index (χ2n) is 5.30. The van der Waals surface area contributed by atoms with Crippen LogP contribution in [0.4, 0.5) is 14.5 Å². The summed E-state index contributed by atoms with van der Waals surface area (Å²) in [5.74, 6) is -3.39. The van der Waals surface area contributed by atoms with Crippen molar-refractivity contribution in [2.24, 2.45) is 5.92 Å². The Morgan fingerprint density at radius 2 is 2.00 bits per heavy atom. The van der Waals surface area contributed by atoms with Gasteiger partial charge >= 0.3 is 5.97 Å².